The average Bonchev–Trinajstić information content (AvgIpc) is 3.12. The number of carbonyl (C=O) groups is 8. The lowest BCUT2D eigenvalue weighted by molar-refractivity contribution is -0.144. The number of aliphatic hydroxyl groups is 1. The Kier molecular flexibility index (Phi) is 21.4. The van der Waals surface area contributed by atoms with Gasteiger partial charge in [-0.05, 0) is 49.9 Å². The third-order valence-corrected chi connectivity index (χ3v) is 7.59. The smallest absolute Gasteiger partial charge is 0.328 e. The summed E-state index contributed by atoms with van der Waals surface area (Å²) in [4.78, 5) is 103. The van der Waals surface area contributed by atoms with Gasteiger partial charge in [0.05, 0.1) is 32.2 Å². The standard InChI is InChI=1S/C32H51N11O12/c33-10-2-1-4-19(34)27(50)42-21(12-17-6-8-18(45)9-7-17)29(52)39-14-24(46)40-20(5-3-11-37-32(35)36)28(51)38-15-25(47)41-22(13-26(48)49)30(53)43-23(16-44)31(54)55/h6-9,19-23,44-45H,1-5,10-16,33-34H2,(H,38,51)(H,39,52)(H,40,46)(H,41,47)(H,42,50)(H,43,53)(H,48,49)(H,54,55)(H4,35,36,37). The van der Waals surface area contributed by atoms with Gasteiger partial charge in [0.15, 0.2) is 5.96 Å². The van der Waals surface area contributed by atoms with Crippen LogP contribution in [0.1, 0.15) is 44.1 Å². The van der Waals surface area contributed by atoms with E-state index in [-0.39, 0.29) is 37.5 Å². The molecule has 306 valence electrons. The number of nitrogens with zero attached hydrogens (tertiary/aromatic N) is 1. The zero-order chi connectivity index (χ0) is 41.5. The Morgan fingerprint density at radius 3 is 1.78 bits per heavy atom. The number of hydrogen-bond acceptors (Lipinski definition) is 13. The highest BCUT2D eigenvalue weighted by molar-refractivity contribution is 5.96. The number of carboxylic acids is 2. The summed E-state index contributed by atoms with van der Waals surface area (Å²) in [6, 6.07) is -1.19. The van der Waals surface area contributed by atoms with E-state index in [9.17, 15) is 43.5 Å². The molecule has 1 rings (SSSR count). The lowest BCUT2D eigenvalue weighted by Crippen LogP contribution is -2.56. The molecule has 5 atom stereocenters. The van der Waals surface area contributed by atoms with Gasteiger partial charge in [0.25, 0.3) is 0 Å². The minimum Gasteiger partial charge on any atom is -0.508 e. The molecule has 5 unspecified atom stereocenters. The van der Waals surface area contributed by atoms with Gasteiger partial charge < -0.3 is 75.3 Å². The number of aliphatic carboxylic acids is 2. The van der Waals surface area contributed by atoms with E-state index in [2.05, 4.69) is 31.6 Å². The van der Waals surface area contributed by atoms with Crippen LogP contribution in [0, 0.1) is 0 Å². The van der Waals surface area contributed by atoms with Gasteiger partial charge in [-0.25, -0.2) is 4.79 Å². The summed E-state index contributed by atoms with van der Waals surface area (Å²) in [5, 5.41) is 50.5. The number of carboxylic acid groups (broad SMARTS) is 2. The summed E-state index contributed by atoms with van der Waals surface area (Å²) in [5.41, 5.74) is 22.7. The summed E-state index contributed by atoms with van der Waals surface area (Å²) < 4.78 is 0. The molecule has 0 aliphatic carbocycles. The number of aliphatic imine (C=N–C) groups is 1. The lowest BCUT2D eigenvalue weighted by atomic mass is 10.0. The Morgan fingerprint density at radius 2 is 1.25 bits per heavy atom. The van der Waals surface area contributed by atoms with Gasteiger partial charge in [0.2, 0.25) is 35.4 Å². The summed E-state index contributed by atoms with van der Waals surface area (Å²) in [5.74, 6) is -8.87. The molecule has 1 aromatic rings. The maximum Gasteiger partial charge on any atom is 0.328 e. The highest BCUT2D eigenvalue weighted by Crippen LogP contribution is 2.12. The second kappa shape index (κ2) is 25.0. The zero-order valence-corrected chi connectivity index (χ0v) is 30.0. The van der Waals surface area contributed by atoms with Crippen LogP contribution in [-0.4, -0.2) is 137 Å². The molecule has 1 aromatic carbocycles. The molecule has 23 heteroatoms. The summed E-state index contributed by atoms with van der Waals surface area (Å²) in [6.45, 7) is -2.06. The van der Waals surface area contributed by atoms with E-state index in [4.69, 9.17) is 38.3 Å². The molecule has 0 saturated carbocycles. The van der Waals surface area contributed by atoms with Crippen molar-refractivity contribution in [2.45, 2.75) is 75.2 Å². The molecule has 55 heavy (non-hydrogen) atoms. The van der Waals surface area contributed by atoms with Crippen LogP contribution in [0.25, 0.3) is 0 Å². The second-order valence-corrected chi connectivity index (χ2v) is 12.1. The fourth-order valence-corrected chi connectivity index (χ4v) is 4.68. The number of guanidine groups is 1. The van der Waals surface area contributed by atoms with Gasteiger partial charge in [0.1, 0.15) is 29.9 Å². The fraction of sp³-hybridized carbons (Fsp3) is 0.531. The average molecular weight is 782 g/mol. The van der Waals surface area contributed by atoms with Gasteiger partial charge in [-0.15, -0.1) is 0 Å². The van der Waals surface area contributed by atoms with Crippen LogP contribution in [-0.2, 0) is 44.8 Å². The first kappa shape index (κ1) is 47.0. The molecule has 18 N–H and O–H groups in total. The summed E-state index contributed by atoms with van der Waals surface area (Å²) >= 11 is 0. The van der Waals surface area contributed by atoms with Crippen molar-refractivity contribution in [1.82, 2.24) is 31.9 Å². The fourth-order valence-electron chi connectivity index (χ4n) is 4.68. The van der Waals surface area contributed by atoms with E-state index < -0.39 is 104 Å². The largest absolute Gasteiger partial charge is 0.508 e. The van der Waals surface area contributed by atoms with E-state index in [0.717, 1.165) is 0 Å². The van der Waals surface area contributed by atoms with E-state index in [1.165, 1.54) is 24.3 Å². The zero-order valence-electron chi connectivity index (χ0n) is 30.0. The molecule has 0 aliphatic heterocycles. The van der Waals surface area contributed by atoms with Gasteiger partial charge >= 0.3 is 11.9 Å². The van der Waals surface area contributed by atoms with E-state index in [0.29, 0.717) is 31.4 Å². The number of aromatic hydroxyl groups is 1. The van der Waals surface area contributed by atoms with Crippen LogP contribution in [0.2, 0.25) is 0 Å². The second-order valence-electron chi connectivity index (χ2n) is 12.1. The third-order valence-electron chi connectivity index (χ3n) is 7.59. The molecular weight excluding hydrogens is 730 g/mol. The van der Waals surface area contributed by atoms with Crippen molar-refractivity contribution < 1.29 is 58.8 Å². The molecular formula is C32H51N11O12. The normalized spacial score (nSPS) is 13.4. The number of phenols is 1. The predicted octanol–water partition coefficient (Wildman–Crippen LogP) is -5.83. The number of nitrogens with two attached hydrogens (primary N) is 4. The molecule has 0 aliphatic rings. The highest BCUT2D eigenvalue weighted by Gasteiger charge is 2.29. The number of amides is 6. The predicted molar refractivity (Wildman–Crippen MR) is 193 cm³/mol. The Morgan fingerprint density at radius 1 is 0.691 bits per heavy atom. The van der Waals surface area contributed by atoms with Crippen molar-refractivity contribution >= 4 is 53.3 Å². The van der Waals surface area contributed by atoms with Crippen molar-refractivity contribution in [1.29, 1.82) is 0 Å². The molecule has 0 saturated heterocycles. The lowest BCUT2D eigenvalue weighted by Gasteiger charge is -2.22. The SMILES string of the molecule is NCCCCC(N)C(=O)NC(Cc1ccc(O)cc1)C(=O)NCC(=O)NC(CCCN=C(N)N)C(=O)NCC(=O)NC(CC(=O)O)C(=O)NC(CO)C(=O)O. The monoisotopic (exact) mass is 781 g/mol. The number of unbranched alkanes of at least 4 members (excludes halogenated alkanes) is 1. The van der Waals surface area contributed by atoms with Crippen LogP contribution < -0.4 is 54.8 Å². The maximum atomic E-state index is 13.2. The van der Waals surface area contributed by atoms with Crippen LogP contribution in [0.5, 0.6) is 5.75 Å². The summed E-state index contributed by atoms with van der Waals surface area (Å²) in [6.07, 6.45) is 0.591. The molecule has 0 spiro atoms. The van der Waals surface area contributed by atoms with Crippen LogP contribution in [0.4, 0.5) is 0 Å². The number of aliphatic hydroxyl groups excluding tert-OH is 1. The van der Waals surface area contributed by atoms with Gasteiger partial charge in [-0.2, -0.15) is 0 Å². The maximum absolute atomic E-state index is 13.2. The van der Waals surface area contributed by atoms with Crippen molar-refractivity contribution in [3.63, 3.8) is 0 Å². The van der Waals surface area contributed by atoms with Gasteiger partial charge in [-0.1, -0.05) is 18.6 Å². The number of benzene rings is 1. The number of carbonyl (C=O) groups excluding carboxylic acids is 6. The quantitative estimate of drug-likeness (QED) is 0.0236. The number of phenolic OH excluding ortho intramolecular Hbond substituents is 1. The number of rotatable bonds is 26. The minimum atomic E-state index is -1.79. The van der Waals surface area contributed by atoms with E-state index in [1.54, 1.807) is 0 Å². The Bertz CT molecular complexity index is 1510. The molecule has 6 amide bonds. The molecule has 0 aromatic heterocycles. The molecule has 0 fully saturated rings. The minimum absolute atomic E-state index is 0.0235. The number of nitrogens with one attached hydrogen (secondary N) is 6. The van der Waals surface area contributed by atoms with Gasteiger partial charge in [0, 0.05) is 13.0 Å². The molecule has 0 bridgehead atoms. The molecule has 0 radical (unpaired) electrons. The summed E-state index contributed by atoms with van der Waals surface area (Å²) in [7, 11) is 0. The van der Waals surface area contributed by atoms with Gasteiger partial charge in [-0.3, -0.25) is 38.6 Å². The topological polar surface area (TPSA) is 406 Å². The van der Waals surface area contributed by atoms with Crippen molar-refractivity contribution in [2.75, 3.05) is 32.8 Å². The van der Waals surface area contributed by atoms with Crippen molar-refractivity contribution in [3.05, 3.63) is 29.8 Å². The Hall–Kier alpha value is -6.07. The van der Waals surface area contributed by atoms with Crippen LogP contribution in [0.3, 0.4) is 0 Å². The third kappa shape index (κ3) is 19.5. The van der Waals surface area contributed by atoms with Crippen molar-refractivity contribution in [2.24, 2.45) is 27.9 Å². The van der Waals surface area contributed by atoms with E-state index in [1.807, 2.05) is 5.32 Å². The highest BCUT2D eigenvalue weighted by atomic mass is 16.4. The molecule has 0 heterocycles. The van der Waals surface area contributed by atoms with Crippen LogP contribution in [0.15, 0.2) is 29.3 Å². The van der Waals surface area contributed by atoms with E-state index >= 15 is 0 Å². The van der Waals surface area contributed by atoms with Crippen LogP contribution >= 0.6 is 0 Å². The first-order valence-corrected chi connectivity index (χ1v) is 17.1. The van der Waals surface area contributed by atoms with Crippen molar-refractivity contribution in [3.8, 4) is 5.75 Å². The Balaban J connectivity index is 3.00. The number of hydrogen-bond donors (Lipinski definition) is 14. The first-order valence-electron chi connectivity index (χ1n) is 17.1. The Labute approximate surface area is 315 Å². The first-order chi connectivity index (χ1) is 26.0. The molecule has 23 nitrogen and oxygen atoms in total.